The number of carboxylic acids is 1. The van der Waals surface area contributed by atoms with E-state index in [4.69, 9.17) is 5.11 Å². The lowest BCUT2D eigenvalue weighted by Gasteiger charge is -2.09. The van der Waals surface area contributed by atoms with Crippen LogP contribution in [-0.2, 0) is 4.79 Å². The minimum atomic E-state index is -0.805. The zero-order chi connectivity index (χ0) is 9.47. The molecular formula is C7H9N3O2S. The summed E-state index contributed by atoms with van der Waals surface area (Å²) in [5, 5.41) is 12.4. The first kappa shape index (κ1) is 8.43. The standard InChI is InChI=1S/C7H9N3O2S/c1-4-8-6(13-10-4)9-7(2-3-7)5(11)12/h2-3H2,1H3,(H,11,12)(H,8,9,10). The summed E-state index contributed by atoms with van der Waals surface area (Å²) in [6.45, 7) is 1.78. The molecule has 0 aliphatic heterocycles. The highest BCUT2D eigenvalue weighted by Gasteiger charge is 2.51. The van der Waals surface area contributed by atoms with Crippen molar-refractivity contribution >= 4 is 22.6 Å². The maximum atomic E-state index is 10.8. The molecule has 1 aromatic heterocycles. The van der Waals surface area contributed by atoms with Gasteiger partial charge < -0.3 is 10.4 Å². The number of carboxylic acid groups (broad SMARTS) is 1. The Kier molecular flexibility index (Phi) is 1.73. The van der Waals surface area contributed by atoms with E-state index in [1.807, 2.05) is 0 Å². The van der Waals surface area contributed by atoms with Gasteiger partial charge in [-0.25, -0.2) is 9.78 Å². The van der Waals surface area contributed by atoms with Gasteiger partial charge in [0.25, 0.3) is 0 Å². The Bertz CT molecular complexity index is 345. The zero-order valence-electron chi connectivity index (χ0n) is 7.07. The highest BCUT2D eigenvalue weighted by Crippen LogP contribution is 2.39. The molecule has 70 valence electrons. The minimum absolute atomic E-state index is 0.595. The number of rotatable bonds is 3. The van der Waals surface area contributed by atoms with Gasteiger partial charge in [-0.05, 0) is 19.8 Å². The van der Waals surface area contributed by atoms with E-state index in [1.165, 1.54) is 11.5 Å². The van der Waals surface area contributed by atoms with Crippen LogP contribution < -0.4 is 5.32 Å². The first-order valence-corrected chi connectivity index (χ1v) is 4.72. The SMILES string of the molecule is Cc1nsc(NC2(C(=O)O)CC2)n1. The predicted octanol–water partition coefficient (Wildman–Crippen LogP) is 0.876. The van der Waals surface area contributed by atoms with Crippen LogP contribution in [0.25, 0.3) is 0 Å². The lowest BCUT2D eigenvalue weighted by molar-refractivity contribution is -0.138. The van der Waals surface area contributed by atoms with Crippen LogP contribution in [0.3, 0.4) is 0 Å². The Hall–Kier alpha value is -1.17. The highest BCUT2D eigenvalue weighted by atomic mass is 32.1. The van der Waals surface area contributed by atoms with Crippen molar-refractivity contribution in [2.45, 2.75) is 25.3 Å². The lowest BCUT2D eigenvalue weighted by atomic mass is 10.3. The average Bonchev–Trinajstić information content (AvgIpc) is 2.72. The number of hydrogen-bond acceptors (Lipinski definition) is 5. The zero-order valence-corrected chi connectivity index (χ0v) is 7.89. The smallest absolute Gasteiger partial charge is 0.329 e. The summed E-state index contributed by atoms with van der Waals surface area (Å²) in [6.07, 6.45) is 1.34. The number of nitrogens with one attached hydrogen (secondary N) is 1. The summed E-state index contributed by atoms with van der Waals surface area (Å²) in [5.74, 6) is -0.131. The van der Waals surface area contributed by atoms with Gasteiger partial charge in [0, 0.05) is 11.5 Å². The number of nitrogens with zero attached hydrogens (tertiary/aromatic N) is 2. The van der Waals surface area contributed by atoms with Crippen molar-refractivity contribution in [2.24, 2.45) is 0 Å². The van der Waals surface area contributed by atoms with Crippen LogP contribution in [0.2, 0.25) is 0 Å². The monoisotopic (exact) mass is 199 g/mol. The first-order valence-electron chi connectivity index (χ1n) is 3.94. The normalized spacial score (nSPS) is 18.2. The van der Waals surface area contributed by atoms with E-state index in [9.17, 15) is 4.79 Å². The molecule has 1 fully saturated rings. The summed E-state index contributed by atoms with van der Waals surface area (Å²) in [7, 11) is 0. The highest BCUT2D eigenvalue weighted by molar-refractivity contribution is 7.09. The molecule has 0 atom stereocenters. The third-order valence-electron chi connectivity index (χ3n) is 2.03. The summed E-state index contributed by atoms with van der Waals surface area (Å²) < 4.78 is 3.96. The van der Waals surface area contributed by atoms with Crippen molar-refractivity contribution in [3.63, 3.8) is 0 Å². The van der Waals surface area contributed by atoms with E-state index >= 15 is 0 Å². The Morgan fingerprint density at radius 1 is 1.69 bits per heavy atom. The van der Waals surface area contributed by atoms with E-state index in [-0.39, 0.29) is 0 Å². The van der Waals surface area contributed by atoms with Crippen molar-refractivity contribution in [3.8, 4) is 0 Å². The fourth-order valence-corrected chi connectivity index (χ4v) is 1.74. The van der Waals surface area contributed by atoms with Crippen LogP contribution in [-0.4, -0.2) is 26.0 Å². The van der Waals surface area contributed by atoms with Gasteiger partial charge in [0.05, 0.1) is 0 Å². The number of hydrogen-bond donors (Lipinski definition) is 2. The number of aliphatic carboxylic acids is 1. The molecule has 5 nitrogen and oxygen atoms in total. The van der Waals surface area contributed by atoms with E-state index in [2.05, 4.69) is 14.7 Å². The van der Waals surface area contributed by atoms with Gasteiger partial charge >= 0.3 is 5.97 Å². The van der Waals surface area contributed by atoms with Gasteiger partial charge in [-0.2, -0.15) is 4.37 Å². The van der Waals surface area contributed by atoms with Crippen LogP contribution in [0.5, 0.6) is 0 Å². The molecule has 0 amide bonds. The summed E-state index contributed by atoms with van der Waals surface area (Å²) in [6, 6.07) is 0. The molecule has 13 heavy (non-hydrogen) atoms. The number of anilines is 1. The second-order valence-corrected chi connectivity index (χ2v) is 3.91. The van der Waals surface area contributed by atoms with Crippen molar-refractivity contribution in [2.75, 3.05) is 5.32 Å². The predicted molar refractivity (Wildman–Crippen MR) is 47.9 cm³/mol. The van der Waals surface area contributed by atoms with E-state index < -0.39 is 11.5 Å². The lowest BCUT2D eigenvalue weighted by Crippen LogP contribution is -2.31. The Morgan fingerprint density at radius 3 is 2.77 bits per heavy atom. The second-order valence-electron chi connectivity index (χ2n) is 3.16. The van der Waals surface area contributed by atoms with Crippen LogP contribution in [0.1, 0.15) is 18.7 Å². The van der Waals surface area contributed by atoms with E-state index in [1.54, 1.807) is 6.92 Å². The van der Waals surface area contributed by atoms with Gasteiger partial charge in [-0.1, -0.05) is 0 Å². The van der Waals surface area contributed by atoms with Crippen molar-refractivity contribution in [1.29, 1.82) is 0 Å². The van der Waals surface area contributed by atoms with Crippen LogP contribution in [0, 0.1) is 6.92 Å². The van der Waals surface area contributed by atoms with Gasteiger partial charge in [-0.15, -0.1) is 0 Å². The average molecular weight is 199 g/mol. The van der Waals surface area contributed by atoms with Crippen LogP contribution >= 0.6 is 11.5 Å². The van der Waals surface area contributed by atoms with Gasteiger partial charge in [0.15, 0.2) is 0 Å². The molecule has 0 saturated heterocycles. The molecular weight excluding hydrogens is 190 g/mol. The second kappa shape index (κ2) is 2.66. The molecule has 0 radical (unpaired) electrons. The maximum Gasteiger partial charge on any atom is 0.329 e. The van der Waals surface area contributed by atoms with Crippen molar-refractivity contribution in [3.05, 3.63) is 5.82 Å². The number of aryl methyl sites for hydroxylation is 1. The Labute approximate surface area is 79.0 Å². The van der Waals surface area contributed by atoms with Crippen LogP contribution in [0.15, 0.2) is 0 Å². The molecule has 6 heteroatoms. The van der Waals surface area contributed by atoms with Gasteiger partial charge in [0.2, 0.25) is 5.13 Å². The van der Waals surface area contributed by atoms with Crippen molar-refractivity contribution < 1.29 is 9.90 Å². The quantitative estimate of drug-likeness (QED) is 0.755. The fourth-order valence-electron chi connectivity index (χ4n) is 1.07. The molecule has 0 unspecified atom stereocenters. The molecule has 1 aliphatic carbocycles. The maximum absolute atomic E-state index is 10.8. The Morgan fingerprint density at radius 2 is 2.38 bits per heavy atom. The molecule has 1 aromatic rings. The molecule has 0 bridgehead atoms. The van der Waals surface area contributed by atoms with Crippen LogP contribution in [0.4, 0.5) is 5.13 Å². The minimum Gasteiger partial charge on any atom is -0.480 e. The molecule has 1 heterocycles. The van der Waals surface area contributed by atoms with E-state index in [0.29, 0.717) is 23.8 Å². The molecule has 0 spiro atoms. The molecule has 2 rings (SSSR count). The third-order valence-corrected chi connectivity index (χ3v) is 2.75. The van der Waals surface area contributed by atoms with Crippen molar-refractivity contribution in [1.82, 2.24) is 9.36 Å². The Balaban J connectivity index is 2.10. The fraction of sp³-hybridized carbons (Fsp3) is 0.571. The first-order chi connectivity index (χ1) is 6.12. The summed E-state index contributed by atoms with van der Waals surface area (Å²) in [5.41, 5.74) is -0.758. The topological polar surface area (TPSA) is 75.1 Å². The third kappa shape index (κ3) is 1.49. The van der Waals surface area contributed by atoms with Gasteiger partial charge in [-0.3, -0.25) is 0 Å². The van der Waals surface area contributed by atoms with E-state index in [0.717, 1.165) is 0 Å². The van der Waals surface area contributed by atoms with Gasteiger partial charge in [0.1, 0.15) is 11.4 Å². The molecule has 1 aliphatic rings. The molecule has 1 saturated carbocycles. The summed E-state index contributed by atoms with van der Waals surface area (Å²) >= 11 is 1.20. The summed E-state index contributed by atoms with van der Waals surface area (Å²) in [4.78, 5) is 14.8. The molecule has 0 aromatic carbocycles. The number of carbonyl (C=O) groups is 1. The largest absolute Gasteiger partial charge is 0.480 e. The molecule has 2 N–H and O–H groups in total. The number of aromatic nitrogens is 2.